The summed E-state index contributed by atoms with van der Waals surface area (Å²) in [6, 6.07) is 8.91. The van der Waals surface area contributed by atoms with Gasteiger partial charge in [-0.1, -0.05) is 0 Å². The number of Topliss-reactive ketones (excluding diaryl/α,β-unsaturated/α-hetero) is 1. The zero-order valence-corrected chi connectivity index (χ0v) is 14.9. The summed E-state index contributed by atoms with van der Waals surface area (Å²) in [7, 11) is -3.23. The van der Waals surface area contributed by atoms with Gasteiger partial charge in [-0.3, -0.25) is 14.9 Å². The van der Waals surface area contributed by atoms with Crippen molar-refractivity contribution in [1.82, 2.24) is 4.72 Å². The number of non-ortho nitro benzene ring substituents is 1. The van der Waals surface area contributed by atoms with E-state index in [1.165, 1.54) is 35.6 Å². The van der Waals surface area contributed by atoms with E-state index in [2.05, 4.69) is 4.72 Å². The molecule has 0 atom stereocenters. The second kappa shape index (κ2) is 8.19. The van der Waals surface area contributed by atoms with Crippen molar-refractivity contribution in [1.29, 1.82) is 0 Å². The van der Waals surface area contributed by atoms with Gasteiger partial charge >= 0.3 is 0 Å². The third-order valence-electron chi connectivity index (χ3n) is 3.09. The number of thiophene rings is 1. The van der Waals surface area contributed by atoms with Gasteiger partial charge in [0.2, 0.25) is 15.8 Å². The summed E-state index contributed by atoms with van der Waals surface area (Å²) in [5.41, 5.74) is -0.0516. The molecule has 0 aliphatic rings. The molecule has 25 heavy (non-hydrogen) atoms. The van der Waals surface area contributed by atoms with Crippen LogP contribution in [-0.2, 0) is 16.4 Å². The zero-order valence-electron chi connectivity index (χ0n) is 13.3. The van der Waals surface area contributed by atoms with Crippen molar-refractivity contribution in [3.05, 3.63) is 56.3 Å². The molecule has 0 spiro atoms. The molecule has 1 aromatic heterocycles. The number of nitrogens with one attached hydrogen (secondary N) is 1. The van der Waals surface area contributed by atoms with Crippen LogP contribution in [-0.4, -0.2) is 38.5 Å². The Morgan fingerprint density at radius 2 is 1.92 bits per heavy atom. The van der Waals surface area contributed by atoms with Crippen molar-refractivity contribution < 1.29 is 22.9 Å². The molecular weight excluding hydrogens is 368 g/mol. The van der Waals surface area contributed by atoms with Gasteiger partial charge < -0.3 is 4.74 Å². The summed E-state index contributed by atoms with van der Waals surface area (Å²) in [6.07, 6.45) is 1.58. The van der Waals surface area contributed by atoms with Crippen LogP contribution in [0.4, 0.5) is 5.69 Å². The van der Waals surface area contributed by atoms with Gasteiger partial charge in [-0.25, -0.2) is 13.1 Å². The maximum absolute atomic E-state index is 12.1. The number of carbonyl (C=O) groups is 1. The largest absolute Gasteiger partial charge is 0.485 e. The number of ketones is 1. The van der Waals surface area contributed by atoms with E-state index in [-0.39, 0.29) is 24.6 Å². The van der Waals surface area contributed by atoms with Crippen LogP contribution in [0.3, 0.4) is 0 Å². The molecule has 1 heterocycles. The molecule has 134 valence electrons. The summed E-state index contributed by atoms with van der Waals surface area (Å²) in [6.45, 7) is 0.0889. The van der Waals surface area contributed by atoms with Gasteiger partial charge in [0.05, 0.1) is 16.1 Å². The quantitative estimate of drug-likeness (QED) is 0.402. The maximum atomic E-state index is 12.1. The Bertz CT molecular complexity index is 858. The van der Waals surface area contributed by atoms with E-state index in [9.17, 15) is 23.3 Å². The van der Waals surface area contributed by atoms with Crippen molar-refractivity contribution in [3.63, 3.8) is 0 Å². The third kappa shape index (κ3) is 6.25. The predicted molar refractivity (Wildman–Crippen MR) is 93.8 cm³/mol. The van der Waals surface area contributed by atoms with Crippen LogP contribution in [0.1, 0.15) is 14.5 Å². The van der Waals surface area contributed by atoms with E-state index in [4.69, 9.17) is 4.74 Å². The molecule has 10 heteroatoms. The van der Waals surface area contributed by atoms with E-state index in [1.54, 1.807) is 12.1 Å². The highest BCUT2D eigenvalue weighted by Crippen LogP contribution is 2.20. The Hall–Kier alpha value is -2.30. The molecule has 8 nitrogen and oxygen atoms in total. The molecule has 0 saturated heterocycles. The Morgan fingerprint density at radius 1 is 1.24 bits per heavy atom. The fraction of sp³-hybridized carbons (Fsp3) is 0.267. The number of carbonyl (C=O) groups excluding carboxylic acids is 1. The van der Waals surface area contributed by atoms with Crippen LogP contribution in [0.2, 0.25) is 0 Å². The van der Waals surface area contributed by atoms with Gasteiger partial charge in [-0.15, -0.1) is 11.3 Å². The molecule has 0 aliphatic heterocycles. The lowest BCUT2D eigenvalue weighted by Gasteiger charge is -2.04. The van der Waals surface area contributed by atoms with Gasteiger partial charge in [-0.05, 0) is 30.7 Å². The summed E-state index contributed by atoms with van der Waals surface area (Å²) in [5.74, 6) is 0.152. The van der Waals surface area contributed by atoms with Crippen molar-refractivity contribution >= 4 is 32.8 Å². The molecule has 2 aromatic rings. The molecule has 0 aliphatic carbocycles. The van der Waals surface area contributed by atoms with Crippen LogP contribution in [0.25, 0.3) is 0 Å². The fourth-order valence-electron chi connectivity index (χ4n) is 1.91. The monoisotopic (exact) mass is 384 g/mol. The van der Waals surface area contributed by atoms with E-state index in [0.29, 0.717) is 17.0 Å². The topological polar surface area (TPSA) is 116 Å². The van der Waals surface area contributed by atoms with Crippen LogP contribution in [0.5, 0.6) is 5.75 Å². The van der Waals surface area contributed by atoms with E-state index < -0.39 is 14.9 Å². The number of nitro groups is 1. The van der Waals surface area contributed by atoms with Gasteiger partial charge in [0.25, 0.3) is 5.69 Å². The number of sulfonamides is 1. The SMILES string of the molecule is CS(=O)(=O)NCCc1ccc(C(=O)COc2ccc([N+](=O)[O-])cc2)s1. The highest BCUT2D eigenvalue weighted by molar-refractivity contribution is 7.88. The Morgan fingerprint density at radius 3 is 2.52 bits per heavy atom. The number of nitro benzene ring substituents is 1. The Kier molecular flexibility index (Phi) is 6.23. The van der Waals surface area contributed by atoms with E-state index >= 15 is 0 Å². The predicted octanol–water partition coefficient (Wildman–Crippen LogP) is 2.01. The van der Waals surface area contributed by atoms with E-state index in [0.717, 1.165) is 11.1 Å². The first-order chi connectivity index (χ1) is 11.7. The fourth-order valence-corrected chi connectivity index (χ4v) is 3.31. The molecular formula is C15H16N2O6S2. The molecule has 0 radical (unpaired) electrons. The first kappa shape index (κ1) is 19.0. The lowest BCUT2D eigenvalue weighted by Crippen LogP contribution is -2.24. The minimum atomic E-state index is -3.23. The maximum Gasteiger partial charge on any atom is 0.269 e. The summed E-state index contributed by atoms with van der Waals surface area (Å²) < 4.78 is 29.7. The average molecular weight is 384 g/mol. The van der Waals surface area contributed by atoms with E-state index in [1.807, 2.05) is 0 Å². The third-order valence-corrected chi connectivity index (χ3v) is 5.00. The van der Waals surface area contributed by atoms with Crippen LogP contribution >= 0.6 is 11.3 Å². The molecule has 0 amide bonds. The second-order valence-electron chi connectivity index (χ2n) is 5.15. The number of rotatable bonds is 9. The highest BCUT2D eigenvalue weighted by Gasteiger charge is 2.12. The van der Waals surface area contributed by atoms with Crippen molar-refractivity contribution in [2.24, 2.45) is 0 Å². The number of hydrogen-bond donors (Lipinski definition) is 1. The minimum absolute atomic E-state index is 0.0516. The molecule has 1 N–H and O–H groups in total. The number of ether oxygens (including phenoxy) is 1. The van der Waals surface area contributed by atoms with Gasteiger partial charge in [0.1, 0.15) is 5.75 Å². The van der Waals surface area contributed by atoms with Gasteiger partial charge in [-0.2, -0.15) is 0 Å². The van der Waals surface area contributed by atoms with Gasteiger partial charge in [0, 0.05) is 23.6 Å². The lowest BCUT2D eigenvalue weighted by atomic mass is 10.3. The van der Waals surface area contributed by atoms with Crippen LogP contribution in [0.15, 0.2) is 36.4 Å². The first-order valence-electron chi connectivity index (χ1n) is 7.18. The minimum Gasteiger partial charge on any atom is -0.485 e. The van der Waals surface area contributed by atoms with Crippen molar-refractivity contribution in [2.45, 2.75) is 6.42 Å². The summed E-state index contributed by atoms with van der Waals surface area (Å²) in [4.78, 5) is 23.6. The van der Waals surface area contributed by atoms with Gasteiger partial charge in [0.15, 0.2) is 6.61 Å². The molecule has 0 bridgehead atoms. The Labute approximate surface area is 148 Å². The lowest BCUT2D eigenvalue weighted by molar-refractivity contribution is -0.384. The summed E-state index contributed by atoms with van der Waals surface area (Å²) >= 11 is 1.28. The summed E-state index contributed by atoms with van der Waals surface area (Å²) in [5, 5.41) is 10.6. The molecule has 1 aromatic carbocycles. The number of nitrogens with zero attached hydrogens (tertiary/aromatic N) is 1. The number of benzene rings is 1. The Balaban J connectivity index is 1.85. The molecule has 0 saturated carbocycles. The van der Waals surface area contributed by atoms with Crippen LogP contribution in [0, 0.1) is 10.1 Å². The smallest absolute Gasteiger partial charge is 0.269 e. The molecule has 0 unspecified atom stereocenters. The average Bonchev–Trinajstić information content (AvgIpc) is 3.00. The van der Waals surface area contributed by atoms with Crippen molar-refractivity contribution in [3.8, 4) is 5.75 Å². The normalized spacial score (nSPS) is 11.2. The van der Waals surface area contributed by atoms with Crippen LogP contribution < -0.4 is 9.46 Å². The molecule has 2 rings (SSSR count). The molecule has 0 fully saturated rings. The number of hydrogen-bond acceptors (Lipinski definition) is 7. The zero-order chi connectivity index (χ0) is 18.4. The highest BCUT2D eigenvalue weighted by atomic mass is 32.2. The first-order valence-corrected chi connectivity index (χ1v) is 9.89. The standard InChI is InChI=1S/C15H16N2O6S2/c1-25(21,22)16-9-8-13-6-7-15(24-13)14(18)10-23-12-4-2-11(3-5-12)17(19)20/h2-7,16H,8-10H2,1H3. The second-order valence-corrected chi connectivity index (χ2v) is 8.15. The van der Waals surface area contributed by atoms with Crippen molar-refractivity contribution in [2.75, 3.05) is 19.4 Å².